The van der Waals surface area contributed by atoms with Gasteiger partial charge in [-0.25, -0.2) is 8.42 Å². The first-order chi connectivity index (χ1) is 8.86. The third-order valence-corrected chi connectivity index (χ3v) is 4.86. The van der Waals surface area contributed by atoms with Gasteiger partial charge in [-0.1, -0.05) is 6.07 Å². The lowest BCUT2D eigenvalue weighted by Crippen LogP contribution is -2.33. The monoisotopic (exact) mass is 287 g/mol. The second kappa shape index (κ2) is 6.25. The van der Waals surface area contributed by atoms with Crippen molar-refractivity contribution in [1.82, 2.24) is 5.32 Å². The first-order valence-electron chi connectivity index (χ1n) is 5.93. The molecule has 0 aliphatic heterocycles. The van der Waals surface area contributed by atoms with Crippen molar-refractivity contribution in [2.45, 2.75) is 18.2 Å². The Labute approximate surface area is 114 Å². The average Bonchev–Trinajstić information content (AvgIpc) is 2.38. The number of hydrogen-bond acceptors (Lipinski definition) is 5. The normalized spacial score (nSPS) is 14.8. The SMILES string of the molecule is CNC(c1c(OC)cccc1OC)C(C)S(C)(=O)=O. The second-order valence-corrected chi connectivity index (χ2v) is 6.78. The molecule has 0 aromatic heterocycles. The van der Waals surface area contributed by atoms with E-state index in [1.165, 1.54) is 6.26 Å². The standard InChI is InChI=1S/C13H21NO4S/c1-9(19(5,15)16)13(14-2)12-10(17-3)7-6-8-11(12)18-4/h6-9,13-14H,1-5H3. The molecule has 0 spiro atoms. The summed E-state index contributed by atoms with van der Waals surface area (Å²) in [6, 6.07) is 4.98. The Morgan fingerprint density at radius 3 is 1.95 bits per heavy atom. The van der Waals surface area contributed by atoms with Crippen LogP contribution in [0.5, 0.6) is 11.5 Å². The van der Waals surface area contributed by atoms with Crippen LogP contribution in [0.3, 0.4) is 0 Å². The molecular weight excluding hydrogens is 266 g/mol. The second-order valence-electron chi connectivity index (χ2n) is 4.38. The summed E-state index contributed by atoms with van der Waals surface area (Å²) in [5, 5.41) is 2.44. The molecule has 0 fully saturated rings. The van der Waals surface area contributed by atoms with E-state index < -0.39 is 21.1 Å². The largest absolute Gasteiger partial charge is 0.496 e. The molecule has 0 aliphatic rings. The third kappa shape index (κ3) is 3.39. The zero-order chi connectivity index (χ0) is 14.6. The van der Waals surface area contributed by atoms with Crippen molar-refractivity contribution in [3.05, 3.63) is 23.8 Å². The Morgan fingerprint density at radius 2 is 1.63 bits per heavy atom. The quantitative estimate of drug-likeness (QED) is 0.856. The van der Waals surface area contributed by atoms with Gasteiger partial charge in [0.15, 0.2) is 9.84 Å². The molecule has 0 radical (unpaired) electrons. The predicted octanol–water partition coefficient (Wildman–Crippen LogP) is 1.40. The van der Waals surface area contributed by atoms with E-state index in [1.807, 2.05) is 0 Å². The third-order valence-electron chi connectivity index (χ3n) is 3.23. The van der Waals surface area contributed by atoms with Crippen molar-refractivity contribution in [2.75, 3.05) is 27.5 Å². The van der Waals surface area contributed by atoms with Crippen LogP contribution >= 0.6 is 0 Å². The van der Waals surface area contributed by atoms with E-state index in [9.17, 15) is 8.42 Å². The fourth-order valence-corrected chi connectivity index (χ4v) is 2.81. The van der Waals surface area contributed by atoms with Crippen LogP contribution in [0.25, 0.3) is 0 Å². The van der Waals surface area contributed by atoms with Gasteiger partial charge in [0.25, 0.3) is 0 Å². The molecule has 0 aliphatic carbocycles. The molecular formula is C13H21NO4S. The first-order valence-corrected chi connectivity index (χ1v) is 7.89. The molecule has 2 unspecified atom stereocenters. The topological polar surface area (TPSA) is 64.6 Å². The molecule has 0 saturated heterocycles. The highest BCUT2D eigenvalue weighted by atomic mass is 32.2. The summed E-state index contributed by atoms with van der Waals surface area (Å²) in [6.45, 7) is 1.67. The van der Waals surface area contributed by atoms with E-state index in [2.05, 4.69) is 5.32 Å². The first kappa shape index (κ1) is 15.8. The molecule has 108 valence electrons. The Balaban J connectivity index is 3.39. The van der Waals surface area contributed by atoms with E-state index in [1.54, 1.807) is 46.4 Å². The molecule has 6 heteroatoms. The van der Waals surface area contributed by atoms with Gasteiger partial charge in [-0.05, 0) is 26.1 Å². The van der Waals surface area contributed by atoms with Gasteiger partial charge in [-0.3, -0.25) is 0 Å². The van der Waals surface area contributed by atoms with Crippen LogP contribution in [0.4, 0.5) is 0 Å². The van der Waals surface area contributed by atoms with Crippen LogP contribution in [0.1, 0.15) is 18.5 Å². The summed E-state index contributed by atoms with van der Waals surface area (Å²) < 4.78 is 34.2. The molecule has 0 saturated carbocycles. The summed E-state index contributed by atoms with van der Waals surface area (Å²) in [7, 11) is 1.64. The summed E-state index contributed by atoms with van der Waals surface area (Å²) in [5.41, 5.74) is 0.716. The predicted molar refractivity (Wildman–Crippen MR) is 75.7 cm³/mol. The smallest absolute Gasteiger partial charge is 0.151 e. The fourth-order valence-electron chi connectivity index (χ4n) is 2.05. The van der Waals surface area contributed by atoms with Crippen LogP contribution in [0.2, 0.25) is 0 Å². The average molecular weight is 287 g/mol. The fraction of sp³-hybridized carbons (Fsp3) is 0.538. The minimum Gasteiger partial charge on any atom is -0.496 e. The van der Waals surface area contributed by atoms with E-state index in [-0.39, 0.29) is 0 Å². The lowest BCUT2D eigenvalue weighted by Gasteiger charge is -2.26. The maximum Gasteiger partial charge on any atom is 0.151 e. The van der Waals surface area contributed by atoms with Gasteiger partial charge in [-0.2, -0.15) is 0 Å². The molecule has 1 aromatic carbocycles. The molecule has 0 heterocycles. The zero-order valence-electron chi connectivity index (χ0n) is 11.9. The number of benzene rings is 1. The van der Waals surface area contributed by atoms with Crippen LogP contribution in [0, 0.1) is 0 Å². The van der Waals surface area contributed by atoms with Crippen molar-refractivity contribution in [2.24, 2.45) is 0 Å². The summed E-state index contributed by atoms with van der Waals surface area (Å²) in [4.78, 5) is 0. The van der Waals surface area contributed by atoms with Crippen LogP contribution in [0.15, 0.2) is 18.2 Å². The Kier molecular flexibility index (Phi) is 5.20. The van der Waals surface area contributed by atoms with Crippen LogP contribution in [-0.2, 0) is 9.84 Å². The van der Waals surface area contributed by atoms with Crippen LogP contribution < -0.4 is 14.8 Å². The molecule has 1 aromatic rings. The van der Waals surface area contributed by atoms with Gasteiger partial charge < -0.3 is 14.8 Å². The molecule has 0 bridgehead atoms. The number of sulfone groups is 1. The number of ether oxygens (including phenoxy) is 2. The summed E-state index contributed by atoms with van der Waals surface area (Å²) in [6.07, 6.45) is 1.23. The van der Waals surface area contributed by atoms with E-state index in [0.29, 0.717) is 17.1 Å². The van der Waals surface area contributed by atoms with Gasteiger partial charge in [-0.15, -0.1) is 0 Å². The number of nitrogens with one attached hydrogen (secondary N) is 1. The minimum atomic E-state index is -3.19. The minimum absolute atomic E-state index is 0.402. The zero-order valence-corrected chi connectivity index (χ0v) is 12.7. The molecule has 0 amide bonds. The number of methoxy groups -OCH3 is 2. The van der Waals surface area contributed by atoms with Gasteiger partial charge in [0.1, 0.15) is 11.5 Å². The van der Waals surface area contributed by atoms with Crippen molar-refractivity contribution in [1.29, 1.82) is 0 Å². The van der Waals surface area contributed by atoms with E-state index in [4.69, 9.17) is 9.47 Å². The molecule has 5 nitrogen and oxygen atoms in total. The summed E-state index contributed by atoms with van der Waals surface area (Å²) >= 11 is 0. The lowest BCUT2D eigenvalue weighted by atomic mass is 10.0. The Morgan fingerprint density at radius 1 is 1.16 bits per heavy atom. The highest BCUT2D eigenvalue weighted by Crippen LogP contribution is 2.36. The van der Waals surface area contributed by atoms with Crippen molar-refractivity contribution < 1.29 is 17.9 Å². The number of hydrogen-bond donors (Lipinski definition) is 1. The Hall–Kier alpha value is -1.27. The highest BCUT2D eigenvalue weighted by molar-refractivity contribution is 7.91. The van der Waals surface area contributed by atoms with Crippen molar-refractivity contribution in [3.8, 4) is 11.5 Å². The van der Waals surface area contributed by atoms with Gasteiger partial charge >= 0.3 is 0 Å². The molecule has 19 heavy (non-hydrogen) atoms. The van der Waals surface area contributed by atoms with Gasteiger partial charge in [0, 0.05) is 6.26 Å². The molecule has 1 N–H and O–H groups in total. The van der Waals surface area contributed by atoms with E-state index >= 15 is 0 Å². The number of rotatable bonds is 6. The molecule has 1 rings (SSSR count). The van der Waals surface area contributed by atoms with Gasteiger partial charge in [0.05, 0.1) is 31.1 Å². The lowest BCUT2D eigenvalue weighted by molar-refractivity contribution is 0.371. The maximum atomic E-state index is 11.8. The van der Waals surface area contributed by atoms with Crippen molar-refractivity contribution >= 4 is 9.84 Å². The summed E-state index contributed by atoms with van der Waals surface area (Å²) in [5.74, 6) is 1.21. The maximum absolute atomic E-state index is 11.8. The molecule has 2 atom stereocenters. The van der Waals surface area contributed by atoms with Gasteiger partial charge in [0.2, 0.25) is 0 Å². The van der Waals surface area contributed by atoms with Crippen LogP contribution in [-0.4, -0.2) is 41.2 Å². The van der Waals surface area contributed by atoms with E-state index in [0.717, 1.165) is 0 Å². The van der Waals surface area contributed by atoms with Crippen molar-refractivity contribution in [3.63, 3.8) is 0 Å². The Bertz CT molecular complexity index is 505. The highest BCUT2D eigenvalue weighted by Gasteiger charge is 2.30.